The molecule has 480 valence electrons. The molecule has 0 aliphatic rings. The smallest absolute Gasteiger partial charge is 0.306 e. The highest BCUT2D eigenvalue weighted by Crippen LogP contribution is 2.38. The number of phosphoric ester groups is 1. The van der Waals surface area contributed by atoms with E-state index in [2.05, 4.69) is 38.2 Å². The van der Waals surface area contributed by atoms with Crippen LogP contribution >= 0.6 is 7.82 Å². The number of unbranched alkanes of at least 4 members (excludes halogenated alkanes) is 48. The van der Waals surface area contributed by atoms with Crippen LogP contribution in [0.3, 0.4) is 0 Å². The molecule has 9 nitrogen and oxygen atoms in total. The van der Waals surface area contributed by atoms with E-state index < -0.39 is 20.0 Å². The van der Waals surface area contributed by atoms with Gasteiger partial charge < -0.3 is 28.5 Å². The molecule has 0 aliphatic carbocycles. The lowest BCUT2D eigenvalue weighted by Crippen LogP contribution is -2.47. The number of hydrogen-bond acceptors (Lipinski definition) is 7. The maximum Gasteiger partial charge on any atom is 0.306 e. The highest BCUT2D eigenvalue weighted by atomic mass is 31.2. The molecule has 10 heteroatoms. The number of nitrogens with zero attached hydrogens (tertiary/aromatic N) is 1. The van der Waals surface area contributed by atoms with Crippen LogP contribution in [0.15, 0.2) is 24.3 Å². The average molecular weight is 1160 g/mol. The maximum atomic E-state index is 13.6. The molecule has 0 aliphatic heterocycles. The Labute approximate surface area is 504 Å². The third-order valence-corrected chi connectivity index (χ3v) is 17.3. The summed E-state index contributed by atoms with van der Waals surface area (Å²) in [7, 11) is 1.21. The van der Waals surface area contributed by atoms with Crippen molar-refractivity contribution in [2.24, 2.45) is 0 Å². The van der Waals surface area contributed by atoms with Crippen molar-refractivity contribution in [1.29, 1.82) is 0 Å². The van der Waals surface area contributed by atoms with Crippen molar-refractivity contribution in [3.8, 4) is 0 Å². The summed E-state index contributed by atoms with van der Waals surface area (Å²) in [5.41, 5.74) is 0. The van der Waals surface area contributed by atoms with Gasteiger partial charge in [-0.1, -0.05) is 322 Å². The molecule has 0 saturated carbocycles. The van der Waals surface area contributed by atoms with Crippen LogP contribution in [0.1, 0.15) is 367 Å². The lowest BCUT2D eigenvalue weighted by atomic mass is 10.0. The molecule has 3 atom stereocenters. The molecule has 3 unspecified atom stereocenters. The summed E-state index contributed by atoms with van der Waals surface area (Å²) in [5, 5.41) is 3.05. The lowest BCUT2D eigenvalue weighted by Gasteiger charge is -2.30. The van der Waals surface area contributed by atoms with Gasteiger partial charge in [-0.15, -0.1) is 0 Å². The van der Waals surface area contributed by atoms with E-state index in [9.17, 15) is 19.0 Å². The van der Waals surface area contributed by atoms with E-state index in [1.807, 2.05) is 33.3 Å². The Balaban J connectivity index is 5.09. The minimum Gasteiger partial charge on any atom is -0.756 e. The molecule has 0 aromatic rings. The van der Waals surface area contributed by atoms with E-state index in [-0.39, 0.29) is 31.5 Å². The van der Waals surface area contributed by atoms with Gasteiger partial charge in [-0.2, -0.15) is 0 Å². The molecule has 0 aromatic heterocycles. The summed E-state index contributed by atoms with van der Waals surface area (Å²) >= 11 is 0. The number of amides is 1. The Morgan fingerprint density at radius 3 is 1.05 bits per heavy atom. The number of nitrogens with one attached hydrogen (secondary N) is 1. The molecule has 0 rings (SSSR count). The molecule has 0 heterocycles. The van der Waals surface area contributed by atoms with Gasteiger partial charge in [-0.25, -0.2) is 0 Å². The summed E-state index contributed by atoms with van der Waals surface area (Å²) in [5.74, 6) is -0.518. The Kier molecular flexibility index (Phi) is 60.4. The standard InChI is InChI=1S/C71H139N2O7P/c1-7-10-13-16-19-22-25-28-30-32-34-36-38-40-42-45-48-51-54-57-60-63-70(74)72-68(67-79-81(76,77)78-66-65-73(4,5)6)69(62-59-56-53-50-47-44-27-24-21-18-15-12-9-3)80-71(75)64-61-58-55-52-49-46-43-41-39-37-35-33-31-29-26-23-20-17-14-11-8-2/h28,30,59,62,68-69H,7-27,29,31-58,60-61,63-67H2,1-6H3,(H-,72,74,76,77)/b30-28+,62-59+. The number of quaternary nitrogens is 1. The molecule has 0 bridgehead atoms. The van der Waals surface area contributed by atoms with Gasteiger partial charge in [0.15, 0.2) is 0 Å². The second kappa shape index (κ2) is 61.6. The Morgan fingerprint density at radius 2 is 0.716 bits per heavy atom. The maximum absolute atomic E-state index is 13.6. The zero-order valence-corrected chi connectivity index (χ0v) is 55.9. The number of esters is 1. The molecule has 81 heavy (non-hydrogen) atoms. The number of hydrogen-bond donors (Lipinski definition) is 1. The molecule has 0 saturated heterocycles. The van der Waals surface area contributed by atoms with E-state index in [1.54, 1.807) is 0 Å². The zero-order chi connectivity index (χ0) is 59.3. The molecular formula is C71H139N2O7P. The molecule has 0 aromatic carbocycles. The highest BCUT2D eigenvalue weighted by Gasteiger charge is 2.27. The van der Waals surface area contributed by atoms with E-state index in [4.69, 9.17) is 13.8 Å². The summed E-state index contributed by atoms with van der Waals surface area (Å²) < 4.78 is 30.5. The van der Waals surface area contributed by atoms with Crippen LogP contribution in [0.4, 0.5) is 0 Å². The summed E-state index contributed by atoms with van der Waals surface area (Å²) in [6.45, 7) is 6.91. The van der Waals surface area contributed by atoms with Crippen molar-refractivity contribution in [1.82, 2.24) is 5.32 Å². The van der Waals surface area contributed by atoms with Crippen LogP contribution in [0.5, 0.6) is 0 Å². The number of carbonyl (C=O) groups excluding carboxylic acids is 2. The quantitative estimate of drug-likeness (QED) is 0.0212. The van der Waals surface area contributed by atoms with Crippen molar-refractivity contribution in [2.75, 3.05) is 40.9 Å². The van der Waals surface area contributed by atoms with Gasteiger partial charge in [0.05, 0.1) is 33.8 Å². The van der Waals surface area contributed by atoms with E-state index in [0.717, 1.165) is 57.8 Å². The van der Waals surface area contributed by atoms with Gasteiger partial charge in [0.2, 0.25) is 5.91 Å². The van der Waals surface area contributed by atoms with Gasteiger partial charge in [0, 0.05) is 12.8 Å². The summed E-state index contributed by atoms with van der Waals surface area (Å²) in [6.07, 6.45) is 74.4. The molecule has 0 radical (unpaired) electrons. The topological polar surface area (TPSA) is 114 Å². The molecule has 1 N–H and O–H groups in total. The third kappa shape index (κ3) is 62.8. The Morgan fingerprint density at radius 1 is 0.420 bits per heavy atom. The third-order valence-electron chi connectivity index (χ3n) is 16.4. The summed E-state index contributed by atoms with van der Waals surface area (Å²) in [4.78, 5) is 40.2. The lowest BCUT2D eigenvalue weighted by molar-refractivity contribution is -0.870. The molecule has 0 spiro atoms. The Bertz CT molecular complexity index is 1430. The van der Waals surface area contributed by atoms with Crippen LogP contribution in [0, 0.1) is 0 Å². The highest BCUT2D eigenvalue weighted by molar-refractivity contribution is 7.45. The normalized spacial score (nSPS) is 13.6. The van der Waals surface area contributed by atoms with Crippen molar-refractivity contribution in [3.63, 3.8) is 0 Å². The fourth-order valence-electron chi connectivity index (χ4n) is 10.9. The van der Waals surface area contributed by atoms with Crippen molar-refractivity contribution < 1.29 is 37.3 Å². The number of allylic oxidation sites excluding steroid dienone is 3. The SMILES string of the molecule is CCCCCCCC/C=C/CCCCCCCCCCCCCC(=O)NC(COP(=O)([O-])OCC[N+](C)(C)C)C(/C=C/CCCCCCCCCCCCC)OC(=O)CCCCCCCCCCCCCCCCCCCCCCC. The number of likely N-dealkylation sites (N-methyl/N-ethyl adjacent to an activating group) is 1. The predicted octanol–water partition coefficient (Wildman–Crippen LogP) is 21.8. The minimum absolute atomic E-state index is 0.0183. The summed E-state index contributed by atoms with van der Waals surface area (Å²) in [6, 6.07) is -0.884. The van der Waals surface area contributed by atoms with Crippen LogP contribution in [0.2, 0.25) is 0 Å². The van der Waals surface area contributed by atoms with E-state index in [1.165, 1.54) is 276 Å². The minimum atomic E-state index is -4.70. The number of rotatable bonds is 66. The largest absolute Gasteiger partial charge is 0.756 e. The van der Waals surface area contributed by atoms with Gasteiger partial charge in [-0.05, 0) is 57.4 Å². The van der Waals surface area contributed by atoms with Gasteiger partial charge in [-0.3, -0.25) is 14.2 Å². The fraction of sp³-hybridized carbons (Fsp3) is 0.915. The van der Waals surface area contributed by atoms with Gasteiger partial charge in [0.25, 0.3) is 7.82 Å². The Hall–Kier alpha value is -1.51. The van der Waals surface area contributed by atoms with Crippen LogP contribution in [-0.2, 0) is 27.9 Å². The first-order chi connectivity index (χ1) is 39.4. The first-order valence-electron chi connectivity index (χ1n) is 35.6. The van der Waals surface area contributed by atoms with Crippen LogP contribution in [0.25, 0.3) is 0 Å². The van der Waals surface area contributed by atoms with Crippen molar-refractivity contribution in [2.45, 2.75) is 380 Å². The van der Waals surface area contributed by atoms with E-state index in [0.29, 0.717) is 17.4 Å². The van der Waals surface area contributed by atoms with Crippen molar-refractivity contribution in [3.05, 3.63) is 24.3 Å². The second-order valence-electron chi connectivity index (χ2n) is 25.7. The van der Waals surface area contributed by atoms with Crippen LogP contribution < -0.4 is 10.2 Å². The number of carbonyl (C=O) groups is 2. The zero-order valence-electron chi connectivity index (χ0n) is 55.0. The van der Waals surface area contributed by atoms with Gasteiger partial charge >= 0.3 is 5.97 Å². The predicted molar refractivity (Wildman–Crippen MR) is 349 cm³/mol. The first kappa shape index (κ1) is 79.5. The molecule has 1 amide bonds. The molecular weight excluding hydrogens is 1020 g/mol. The number of phosphoric acid groups is 1. The van der Waals surface area contributed by atoms with E-state index >= 15 is 0 Å². The van der Waals surface area contributed by atoms with Crippen molar-refractivity contribution >= 4 is 19.7 Å². The monoisotopic (exact) mass is 1160 g/mol. The first-order valence-corrected chi connectivity index (χ1v) is 37.1. The van der Waals surface area contributed by atoms with Gasteiger partial charge in [0.1, 0.15) is 19.3 Å². The molecule has 0 fully saturated rings. The van der Waals surface area contributed by atoms with Crippen LogP contribution in [-0.4, -0.2) is 69.4 Å². The second-order valence-corrected chi connectivity index (χ2v) is 27.2. The number of ether oxygens (including phenoxy) is 1. The fourth-order valence-corrected chi connectivity index (χ4v) is 11.6. The average Bonchev–Trinajstić information content (AvgIpc) is 3.44.